The predicted molar refractivity (Wildman–Crippen MR) is 140 cm³/mol. The zero-order valence-electron chi connectivity index (χ0n) is 19.9. The summed E-state index contributed by atoms with van der Waals surface area (Å²) >= 11 is 0. The van der Waals surface area contributed by atoms with Gasteiger partial charge in [0.2, 0.25) is 0 Å². The van der Waals surface area contributed by atoms with Crippen LogP contribution in [0.1, 0.15) is 107 Å². The van der Waals surface area contributed by atoms with Crippen LogP contribution in [0.15, 0.2) is 36.0 Å². The first kappa shape index (κ1) is 26.5. The van der Waals surface area contributed by atoms with Gasteiger partial charge in [0.15, 0.2) is 0 Å². The summed E-state index contributed by atoms with van der Waals surface area (Å²) in [5, 5.41) is 0. The quantitative estimate of drug-likeness (QED) is 0.410. The highest BCUT2D eigenvalue weighted by molar-refractivity contribution is 5.43. The van der Waals surface area contributed by atoms with Gasteiger partial charge in [0.25, 0.3) is 0 Å². The Balaban J connectivity index is 0.00000171. The molecule has 0 aromatic rings. The molecular weight excluding hydrogens is 372 g/mol. The highest BCUT2D eigenvalue weighted by Crippen LogP contribution is 2.61. The maximum Gasteiger partial charge on any atom is 0.0103 e. The van der Waals surface area contributed by atoms with Crippen molar-refractivity contribution < 1.29 is 0 Å². The van der Waals surface area contributed by atoms with Gasteiger partial charge in [-0.15, -0.1) is 0 Å². The number of fused-ring (bicyclic) bond motifs is 3. The van der Waals surface area contributed by atoms with Crippen LogP contribution in [-0.4, -0.2) is 0 Å². The summed E-state index contributed by atoms with van der Waals surface area (Å²) < 4.78 is 0. The van der Waals surface area contributed by atoms with Gasteiger partial charge in [-0.1, -0.05) is 99.1 Å². The molecule has 0 aromatic carbocycles. The van der Waals surface area contributed by atoms with Gasteiger partial charge in [0, 0.05) is 5.41 Å². The molecular formula is C31H54. The van der Waals surface area contributed by atoms with Crippen molar-refractivity contribution in [2.75, 3.05) is 0 Å². The highest BCUT2D eigenvalue weighted by Gasteiger charge is 2.53. The molecule has 0 aromatic heterocycles. The molecule has 3 fully saturated rings. The van der Waals surface area contributed by atoms with Crippen LogP contribution in [-0.2, 0) is 0 Å². The van der Waals surface area contributed by atoms with Crippen LogP contribution in [0.3, 0.4) is 0 Å². The fourth-order valence-corrected chi connectivity index (χ4v) is 8.78. The van der Waals surface area contributed by atoms with Crippen LogP contribution in [0.4, 0.5) is 0 Å². The maximum absolute atomic E-state index is 4.23. The van der Waals surface area contributed by atoms with E-state index in [0.717, 1.165) is 47.3 Å². The summed E-state index contributed by atoms with van der Waals surface area (Å²) in [6.07, 6.45) is 20.3. The minimum Gasteiger partial charge on any atom is -0.0918 e. The molecule has 0 N–H and O–H groups in total. The Bertz CT molecular complexity index is 666. The Labute approximate surface area is 196 Å². The number of allylic oxidation sites excluding steroid dienone is 5. The third-order valence-electron chi connectivity index (χ3n) is 9.97. The molecule has 9 unspecified atom stereocenters. The fraction of sp³-hybridized carbons (Fsp3) is 0.806. The molecule has 4 rings (SSSR count). The van der Waals surface area contributed by atoms with E-state index < -0.39 is 0 Å². The normalized spacial score (nSPS) is 43.9. The van der Waals surface area contributed by atoms with Crippen LogP contribution in [0.25, 0.3) is 0 Å². The molecule has 31 heavy (non-hydrogen) atoms. The van der Waals surface area contributed by atoms with Crippen molar-refractivity contribution in [1.29, 1.82) is 0 Å². The van der Waals surface area contributed by atoms with Gasteiger partial charge in [-0.05, 0) is 91.4 Å². The average Bonchev–Trinajstić information content (AvgIpc) is 3.06. The van der Waals surface area contributed by atoms with Gasteiger partial charge in [0.1, 0.15) is 0 Å². The van der Waals surface area contributed by atoms with Gasteiger partial charge < -0.3 is 0 Å². The van der Waals surface area contributed by atoms with Crippen molar-refractivity contribution in [3.63, 3.8) is 0 Å². The van der Waals surface area contributed by atoms with Crippen LogP contribution >= 0.6 is 0 Å². The number of rotatable bonds is 5. The molecule has 0 nitrogen and oxygen atoms in total. The highest BCUT2D eigenvalue weighted by atomic mass is 14.6. The van der Waals surface area contributed by atoms with Gasteiger partial charge in [-0.3, -0.25) is 0 Å². The van der Waals surface area contributed by atoms with Crippen molar-refractivity contribution >= 4 is 0 Å². The first-order valence-corrected chi connectivity index (χ1v) is 13.0. The van der Waals surface area contributed by atoms with Crippen molar-refractivity contribution in [3.05, 3.63) is 36.0 Å². The zero-order valence-corrected chi connectivity index (χ0v) is 19.9. The Morgan fingerprint density at radius 1 is 1.03 bits per heavy atom. The van der Waals surface area contributed by atoms with E-state index in [0.29, 0.717) is 0 Å². The SMILES string of the molecule is C.C.C=C1C=CC2(C)C(=C1)CCC1C(CC3CC(CCC)CC3CC)C(C)CC(C)C12. The summed E-state index contributed by atoms with van der Waals surface area (Å²) in [5.74, 6) is 7.49. The minimum absolute atomic E-state index is 0. The van der Waals surface area contributed by atoms with E-state index in [4.69, 9.17) is 0 Å². The summed E-state index contributed by atoms with van der Waals surface area (Å²) in [6.45, 7) is 16.8. The molecule has 0 heteroatoms. The van der Waals surface area contributed by atoms with Crippen molar-refractivity contribution in [2.24, 2.45) is 52.8 Å². The van der Waals surface area contributed by atoms with Crippen molar-refractivity contribution in [3.8, 4) is 0 Å². The lowest BCUT2D eigenvalue weighted by Gasteiger charge is -2.57. The first-order chi connectivity index (χ1) is 13.9. The molecule has 0 saturated heterocycles. The van der Waals surface area contributed by atoms with E-state index in [-0.39, 0.29) is 20.3 Å². The van der Waals surface area contributed by atoms with E-state index in [9.17, 15) is 0 Å². The maximum atomic E-state index is 4.23. The van der Waals surface area contributed by atoms with Gasteiger partial charge in [-0.2, -0.15) is 0 Å². The summed E-state index contributed by atoms with van der Waals surface area (Å²) in [5.41, 5.74) is 3.18. The zero-order chi connectivity index (χ0) is 20.8. The Hall–Kier alpha value is -0.780. The molecule has 0 heterocycles. The lowest BCUT2D eigenvalue weighted by atomic mass is 9.47. The predicted octanol–water partition coefficient (Wildman–Crippen LogP) is 9.88. The summed E-state index contributed by atoms with van der Waals surface area (Å²) in [4.78, 5) is 0. The van der Waals surface area contributed by atoms with E-state index in [2.05, 4.69) is 59.4 Å². The lowest BCUT2D eigenvalue weighted by molar-refractivity contribution is -0.0299. The van der Waals surface area contributed by atoms with E-state index >= 15 is 0 Å². The second kappa shape index (κ2) is 10.4. The van der Waals surface area contributed by atoms with Crippen LogP contribution in [0, 0.1) is 52.8 Å². The third kappa shape index (κ3) is 4.79. The van der Waals surface area contributed by atoms with Gasteiger partial charge in [-0.25, -0.2) is 0 Å². The van der Waals surface area contributed by atoms with E-state index in [1.54, 1.807) is 5.57 Å². The van der Waals surface area contributed by atoms with Gasteiger partial charge in [0.05, 0.1) is 0 Å². The molecule has 0 spiro atoms. The van der Waals surface area contributed by atoms with Crippen molar-refractivity contribution in [2.45, 2.75) is 107 Å². The molecule has 9 atom stereocenters. The second-order valence-corrected chi connectivity index (χ2v) is 11.7. The molecule has 0 aliphatic heterocycles. The van der Waals surface area contributed by atoms with Crippen LogP contribution in [0.5, 0.6) is 0 Å². The number of hydrogen-bond donors (Lipinski definition) is 0. The third-order valence-corrected chi connectivity index (χ3v) is 9.97. The molecule has 178 valence electrons. The number of hydrogen-bond acceptors (Lipinski definition) is 0. The second-order valence-electron chi connectivity index (χ2n) is 11.7. The Morgan fingerprint density at radius 2 is 1.74 bits per heavy atom. The molecule has 4 aliphatic carbocycles. The fourth-order valence-electron chi connectivity index (χ4n) is 8.78. The Kier molecular flexibility index (Phi) is 8.91. The van der Waals surface area contributed by atoms with Crippen molar-refractivity contribution in [1.82, 2.24) is 0 Å². The van der Waals surface area contributed by atoms with Crippen LogP contribution < -0.4 is 0 Å². The minimum atomic E-state index is 0. The Morgan fingerprint density at radius 3 is 2.42 bits per heavy atom. The van der Waals surface area contributed by atoms with E-state index in [1.165, 1.54) is 63.4 Å². The molecule has 0 amide bonds. The average molecular weight is 427 g/mol. The summed E-state index contributed by atoms with van der Waals surface area (Å²) in [7, 11) is 0. The van der Waals surface area contributed by atoms with Crippen LogP contribution in [0.2, 0.25) is 0 Å². The smallest absolute Gasteiger partial charge is 0.0103 e. The largest absolute Gasteiger partial charge is 0.0918 e. The summed E-state index contributed by atoms with van der Waals surface area (Å²) in [6, 6.07) is 0. The standard InChI is InChI=1S/C29H46.2CH4/c1-7-9-22-16-23(8-2)24(17-22)18-27-20(4)15-21(5)28-26(27)11-10-25-14-19(3)12-13-29(25,28)6;;/h12-14,20-24,26-28H,3,7-11,15-18H2,1-2,4-6H3;2*1H4. The van der Waals surface area contributed by atoms with Gasteiger partial charge >= 0.3 is 0 Å². The molecule has 0 bridgehead atoms. The molecule has 0 radical (unpaired) electrons. The van der Waals surface area contributed by atoms with E-state index in [1.807, 2.05) is 0 Å². The monoisotopic (exact) mass is 426 g/mol. The lowest BCUT2D eigenvalue weighted by Crippen LogP contribution is -2.50. The topological polar surface area (TPSA) is 0 Å². The molecule has 3 saturated carbocycles. The first-order valence-electron chi connectivity index (χ1n) is 13.0. The molecule has 4 aliphatic rings.